The van der Waals surface area contributed by atoms with Crippen molar-refractivity contribution >= 4 is 0 Å². The molecular formula is C15H26N2O. The molecule has 18 heavy (non-hydrogen) atoms. The van der Waals surface area contributed by atoms with Crippen molar-refractivity contribution in [1.82, 2.24) is 4.90 Å². The van der Waals surface area contributed by atoms with Crippen LogP contribution in [0.2, 0.25) is 0 Å². The molecule has 3 nitrogen and oxygen atoms in total. The number of nitrogens with zero attached hydrogens (tertiary/aromatic N) is 1. The second-order valence-corrected chi connectivity index (χ2v) is 5.08. The molecule has 102 valence electrons. The Morgan fingerprint density at radius 3 is 2.67 bits per heavy atom. The zero-order valence-corrected chi connectivity index (χ0v) is 12.1. The molecule has 1 atom stereocenters. The van der Waals surface area contributed by atoms with Gasteiger partial charge in [-0.2, -0.15) is 0 Å². The summed E-state index contributed by atoms with van der Waals surface area (Å²) in [7, 11) is 3.85. The standard InChI is InChI=1S/C15H26N2O/c1-12-6-7-14(13(2)10-12)15(16)11-17(3)8-5-9-18-4/h6-7,10,15H,5,8-9,11,16H2,1-4H3. The summed E-state index contributed by atoms with van der Waals surface area (Å²) >= 11 is 0. The summed E-state index contributed by atoms with van der Waals surface area (Å²) < 4.78 is 5.06. The lowest BCUT2D eigenvalue weighted by atomic mass is 9.99. The highest BCUT2D eigenvalue weighted by Gasteiger charge is 2.11. The van der Waals surface area contributed by atoms with E-state index in [1.54, 1.807) is 7.11 Å². The summed E-state index contributed by atoms with van der Waals surface area (Å²) in [6.07, 6.45) is 1.05. The molecular weight excluding hydrogens is 224 g/mol. The molecule has 0 aliphatic rings. The van der Waals surface area contributed by atoms with Crippen LogP contribution in [-0.2, 0) is 4.74 Å². The maximum absolute atomic E-state index is 6.28. The lowest BCUT2D eigenvalue weighted by Crippen LogP contribution is -2.30. The zero-order valence-electron chi connectivity index (χ0n) is 12.1. The van der Waals surface area contributed by atoms with Gasteiger partial charge in [0.15, 0.2) is 0 Å². The second-order valence-electron chi connectivity index (χ2n) is 5.08. The van der Waals surface area contributed by atoms with Gasteiger partial charge >= 0.3 is 0 Å². The summed E-state index contributed by atoms with van der Waals surface area (Å²) in [6, 6.07) is 6.56. The number of methoxy groups -OCH3 is 1. The number of benzene rings is 1. The van der Waals surface area contributed by atoms with Crippen LogP contribution >= 0.6 is 0 Å². The van der Waals surface area contributed by atoms with Gasteiger partial charge in [0.05, 0.1) is 0 Å². The number of hydrogen-bond donors (Lipinski definition) is 1. The molecule has 0 saturated carbocycles. The molecule has 1 aromatic carbocycles. The van der Waals surface area contributed by atoms with Crippen molar-refractivity contribution in [2.75, 3.05) is 33.9 Å². The molecule has 0 amide bonds. The van der Waals surface area contributed by atoms with Crippen molar-refractivity contribution in [3.8, 4) is 0 Å². The molecule has 0 fully saturated rings. The normalized spacial score (nSPS) is 13.0. The van der Waals surface area contributed by atoms with Gasteiger partial charge in [-0.15, -0.1) is 0 Å². The van der Waals surface area contributed by atoms with Crippen LogP contribution in [0.1, 0.15) is 29.2 Å². The second kappa shape index (κ2) is 7.52. The van der Waals surface area contributed by atoms with E-state index in [0.29, 0.717) is 0 Å². The molecule has 3 heteroatoms. The highest BCUT2D eigenvalue weighted by molar-refractivity contribution is 5.32. The fourth-order valence-electron chi connectivity index (χ4n) is 2.25. The van der Waals surface area contributed by atoms with Gasteiger partial charge in [-0.3, -0.25) is 0 Å². The highest BCUT2D eigenvalue weighted by atomic mass is 16.5. The summed E-state index contributed by atoms with van der Waals surface area (Å²) in [5.74, 6) is 0. The van der Waals surface area contributed by atoms with Crippen molar-refractivity contribution < 1.29 is 4.74 Å². The lowest BCUT2D eigenvalue weighted by Gasteiger charge is -2.22. The molecule has 0 spiro atoms. The van der Waals surface area contributed by atoms with E-state index < -0.39 is 0 Å². The number of ether oxygens (including phenoxy) is 1. The number of rotatable bonds is 7. The summed E-state index contributed by atoms with van der Waals surface area (Å²) in [5, 5.41) is 0. The summed E-state index contributed by atoms with van der Waals surface area (Å²) in [5.41, 5.74) is 10.1. The van der Waals surface area contributed by atoms with Crippen LogP contribution in [0.3, 0.4) is 0 Å². The molecule has 1 rings (SSSR count). The Hall–Kier alpha value is -0.900. The minimum absolute atomic E-state index is 0.0816. The monoisotopic (exact) mass is 250 g/mol. The van der Waals surface area contributed by atoms with Gasteiger partial charge in [-0.25, -0.2) is 0 Å². The van der Waals surface area contributed by atoms with Crippen LogP contribution < -0.4 is 5.73 Å². The quantitative estimate of drug-likeness (QED) is 0.755. The van der Waals surface area contributed by atoms with E-state index in [0.717, 1.165) is 26.1 Å². The molecule has 0 aromatic heterocycles. The van der Waals surface area contributed by atoms with Crippen LogP contribution in [0, 0.1) is 13.8 Å². The van der Waals surface area contributed by atoms with E-state index in [9.17, 15) is 0 Å². The molecule has 0 aliphatic carbocycles. The van der Waals surface area contributed by atoms with Crippen molar-refractivity contribution in [1.29, 1.82) is 0 Å². The molecule has 1 unspecified atom stereocenters. The van der Waals surface area contributed by atoms with Crippen LogP contribution in [0.25, 0.3) is 0 Å². The maximum atomic E-state index is 6.28. The molecule has 0 aliphatic heterocycles. The Morgan fingerprint density at radius 2 is 2.06 bits per heavy atom. The SMILES string of the molecule is COCCCN(C)CC(N)c1ccc(C)cc1C. The average molecular weight is 250 g/mol. The molecule has 0 bridgehead atoms. The first kappa shape index (κ1) is 15.2. The molecule has 0 heterocycles. The predicted molar refractivity (Wildman–Crippen MR) is 76.8 cm³/mol. The fraction of sp³-hybridized carbons (Fsp3) is 0.600. The Balaban J connectivity index is 2.51. The van der Waals surface area contributed by atoms with E-state index in [2.05, 4.69) is 44.0 Å². The van der Waals surface area contributed by atoms with Crippen LogP contribution in [-0.4, -0.2) is 38.8 Å². The van der Waals surface area contributed by atoms with E-state index in [1.165, 1.54) is 16.7 Å². The van der Waals surface area contributed by atoms with Crippen LogP contribution in [0.4, 0.5) is 0 Å². The van der Waals surface area contributed by atoms with E-state index in [1.807, 2.05) is 0 Å². The van der Waals surface area contributed by atoms with Gasteiger partial charge in [0.2, 0.25) is 0 Å². The summed E-state index contributed by atoms with van der Waals surface area (Å²) in [6.45, 7) is 6.95. The van der Waals surface area contributed by atoms with Gasteiger partial charge in [0, 0.05) is 32.8 Å². The van der Waals surface area contributed by atoms with Gasteiger partial charge in [0.1, 0.15) is 0 Å². The smallest absolute Gasteiger partial charge is 0.0474 e. The Kier molecular flexibility index (Phi) is 6.33. The summed E-state index contributed by atoms with van der Waals surface area (Å²) in [4.78, 5) is 2.27. The van der Waals surface area contributed by atoms with Gasteiger partial charge in [-0.05, 0) is 38.4 Å². The van der Waals surface area contributed by atoms with E-state index >= 15 is 0 Å². The molecule has 0 radical (unpaired) electrons. The number of hydrogen-bond acceptors (Lipinski definition) is 3. The molecule has 2 N–H and O–H groups in total. The zero-order chi connectivity index (χ0) is 13.5. The predicted octanol–water partition coefficient (Wildman–Crippen LogP) is 2.27. The third kappa shape index (κ3) is 4.77. The maximum Gasteiger partial charge on any atom is 0.0474 e. The largest absolute Gasteiger partial charge is 0.385 e. The third-order valence-corrected chi connectivity index (χ3v) is 3.22. The highest BCUT2D eigenvalue weighted by Crippen LogP contribution is 2.17. The first-order chi connectivity index (χ1) is 8.54. The fourth-order valence-corrected chi connectivity index (χ4v) is 2.25. The Bertz CT molecular complexity index is 366. The molecule has 1 aromatic rings. The van der Waals surface area contributed by atoms with Crippen molar-refractivity contribution in [2.45, 2.75) is 26.3 Å². The minimum Gasteiger partial charge on any atom is -0.385 e. The van der Waals surface area contributed by atoms with Crippen LogP contribution in [0.15, 0.2) is 18.2 Å². The number of likely N-dealkylation sites (N-methyl/N-ethyl adjacent to an activating group) is 1. The first-order valence-electron chi connectivity index (χ1n) is 6.54. The van der Waals surface area contributed by atoms with Crippen LogP contribution in [0.5, 0.6) is 0 Å². The first-order valence-corrected chi connectivity index (χ1v) is 6.54. The van der Waals surface area contributed by atoms with Gasteiger partial charge < -0.3 is 15.4 Å². The topological polar surface area (TPSA) is 38.5 Å². The average Bonchev–Trinajstić information content (AvgIpc) is 2.28. The number of aryl methyl sites for hydroxylation is 2. The van der Waals surface area contributed by atoms with Gasteiger partial charge in [-0.1, -0.05) is 23.8 Å². The Morgan fingerprint density at radius 1 is 1.33 bits per heavy atom. The lowest BCUT2D eigenvalue weighted by molar-refractivity contribution is 0.177. The van der Waals surface area contributed by atoms with Gasteiger partial charge in [0.25, 0.3) is 0 Å². The van der Waals surface area contributed by atoms with Crippen molar-refractivity contribution in [2.24, 2.45) is 5.73 Å². The number of nitrogens with two attached hydrogens (primary N) is 1. The van der Waals surface area contributed by atoms with Crippen molar-refractivity contribution in [3.05, 3.63) is 34.9 Å². The van der Waals surface area contributed by atoms with Crippen molar-refractivity contribution in [3.63, 3.8) is 0 Å². The third-order valence-electron chi connectivity index (χ3n) is 3.22. The van der Waals surface area contributed by atoms with E-state index in [-0.39, 0.29) is 6.04 Å². The van der Waals surface area contributed by atoms with E-state index in [4.69, 9.17) is 10.5 Å². The Labute approximate surface area is 111 Å². The minimum atomic E-state index is 0.0816. The molecule has 0 saturated heterocycles.